The summed E-state index contributed by atoms with van der Waals surface area (Å²) in [6.07, 6.45) is 5.91. The molecule has 2 atom stereocenters. The zero-order chi connectivity index (χ0) is 14.4. The Morgan fingerprint density at radius 1 is 1.50 bits per heavy atom. The largest absolute Gasteiger partial charge is 0.478 e. The molecule has 1 aromatic heterocycles. The van der Waals surface area contributed by atoms with Crippen LogP contribution in [0.25, 0.3) is 5.70 Å². The molecule has 1 fully saturated rings. The van der Waals surface area contributed by atoms with Crippen molar-refractivity contribution in [2.45, 2.75) is 32.7 Å². The highest BCUT2D eigenvalue weighted by molar-refractivity contribution is 6.75. The lowest BCUT2D eigenvalue weighted by Gasteiger charge is -2.24. The molecule has 0 saturated heterocycles. The van der Waals surface area contributed by atoms with Gasteiger partial charge in [0.1, 0.15) is 10.7 Å². The number of carboxylic acid groups (broad SMARTS) is 1. The highest BCUT2D eigenvalue weighted by Crippen LogP contribution is 2.42. The summed E-state index contributed by atoms with van der Waals surface area (Å²) < 4.78 is 1.58. The van der Waals surface area contributed by atoms with E-state index in [2.05, 4.69) is 23.1 Å². The van der Waals surface area contributed by atoms with Gasteiger partial charge in [0.2, 0.25) is 0 Å². The molecule has 20 heavy (non-hydrogen) atoms. The number of rotatable bonds is 3. The number of aromatic nitrogens is 2. The number of aromatic carboxylic acids is 1. The molecular formula is C14H16ClN3O2. The molecule has 0 bridgehead atoms. The van der Waals surface area contributed by atoms with Crippen molar-refractivity contribution in [2.24, 2.45) is 16.8 Å². The highest BCUT2D eigenvalue weighted by atomic mass is 35.5. The number of carboxylic acids is 1. The number of halogens is 1. The summed E-state index contributed by atoms with van der Waals surface area (Å²) in [5.74, 6) is 0.0537. The van der Waals surface area contributed by atoms with Gasteiger partial charge in [-0.15, -0.1) is 0 Å². The second-order valence-corrected chi connectivity index (χ2v) is 5.85. The van der Waals surface area contributed by atoms with Crippen LogP contribution < -0.4 is 0 Å². The van der Waals surface area contributed by atoms with Crippen LogP contribution in [0.15, 0.2) is 17.3 Å². The van der Waals surface area contributed by atoms with Crippen molar-refractivity contribution in [3.8, 4) is 0 Å². The van der Waals surface area contributed by atoms with E-state index in [0.29, 0.717) is 28.4 Å². The summed E-state index contributed by atoms with van der Waals surface area (Å²) >= 11 is 6.24. The Labute approximate surface area is 122 Å². The van der Waals surface area contributed by atoms with E-state index >= 15 is 0 Å². The molecule has 106 valence electrons. The van der Waals surface area contributed by atoms with Crippen LogP contribution in [0.1, 0.15) is 35.8 Å². The monoisotopic (exact) mass is 293 g/mol. The van der Waals surface area contributed by atoms with Crippen LogP contribution >= 0.6 is 11.6 Å². The lowest BCUT2D eigenvalue weighted by Crippen LogP contribution is -2.24. The van der Waals surface area contributed by atoms with Gasteiger partial charge in [-0.25, -0.2) is 9.48 Å². The van der Waals surface area contributed by atoms with Crippen LogP contribution in [0.2, 0.25) is 0 Å². The molecule has 6 heteroatoms. The zero-order valence-corrected chi connectivity index (χ0v) is 12.1. The SMILES string of the molecule is Cc1c(C(=O)O)cnn1C1=CC(C2CC2)C(C)N=C1Cl. The van der Waals surface area contributed by atoms with Crippen molar-refractivity contribution >= 4 is 28.4 Å². The molecule has 2 heterocycles. The summed E-state index contributed by atoms with van der Waals surface area (Å²) in [6, 6.07) is 0.175. The molecule has 1 aliphatic carbocycles. The van der Waals surface area contributed by atoms with Gasteiger partial charge in [-0.2, -0.15) is 5.10 Å². The Balaban J connectivity index is 2.01. The topological polar surface area (TPSA) is 67.5 Å². The van der Waals surface area contributed by atoms with Crippen LogP contribution in [0.3, 0.4) is 0 Å². The first-order chi connectivity index (χ1) is 9.49. The predicted octanol–water partition coefficient (Wildman–Crippen LogP) is 2.80. The van der Waals surface area contributed by atoms with Gasteiger partial charge in [0.05, 0.1) is 23.6 Å². The van der Waals surface area contributed by atoms with Crippen molar-refractivity contribution in [3.05, 3.63) is 23.5 Å². The number of hydrogen-bond acceptors (Lipinski definition) is 3. The molecule has 1 aromatic rings. The molecule has 2 unspecified atom stereocenters. The van der Waals surface area contributed by atoms with E-state index in [4.69, 9.17) is 16.7 Å². The van der Waals surface area contributed by atoms with E-state index in [1.54, 1.807) is 11.6 Å². The quantitative estimate of drug-likeness (QED) is 0.932. The van der Waals surface area contributed by atoms with Gasteiger partial charge >= 0.3 is 5.97 Å². The van der Waals surface area contributed by atoms with Gasteiger partial charge in [0, 0.05) is 5.92 Å². The molecule has 0 amide bonds. The molecule has 1 aliphatic heterocycles. The molecule has 0 spiro atoms. The zero-order valence-electron chi connectivity index (χ0n) is 11.4. The minimum atomic E-state index is -0.981. The average Bonchev–Trinajstić information content (AvgIpc) is 3.13. The fourth-order valence-corrected chi connectivity index (χ4v) is 3.05. The maximum atomic E-state index is 11.1. The Morgan fingerprint density at radius 2 is 2.20 bits per heavy atom. The van der Waals surface area contributed by atoms with E-state index in [1.165, 1.54) is 19.0 Å². The van der Waals surface area contributed by atoms with E-state index in [0.717, 1.165) is 0 Å². The second-order valence-electron chi connectivity index (χ2n) is 5.49. The van der Waals surface area contributed by atoms with Crippen LogP contribution in [-0.2, 0) is 0 Å². The van der Waals surface area contributed by atoms with Crippen molar-refractivity contribution in [3.63, 3.8) is 0 Å². The third-order valence-electron chi connectivity index (χ3n) is 4.07. The normalized spacial score (nSPS) is 26.1. The Kier molecular flexibility index (Phi) is 3.17. The minimum Gasteiger partial charge on any atom is -0.478 e. The van der Waals surface area contributed by atoms with E-state index in [9.17, 15) is 4.79 Å². The van der Waals surface area contributed by atoms with Crippen LogP contribution in [0, 0.1) is 18.8 Å². The number of nitrogens with zero attached hydrogens (tertiary/aromatic N) is 3. The maximum absolute atomic E-state index is 11.1. The summed E-state index contributed by atoms with van der Waals surface area (Å²) in [4.78, 5) is 15.6. The number of hydrogen-bond donors (Lipinski definition) is 1. The first-order valence-corrected chi connectivity index (χ1v) is 7.10. The van der Waals surface area contributed by atoms with Gasteiger partial charge in [-0.3, -0.25) is 4.99 Å². The van der Waals surface area contributed by atoms with Crippen molar-refractivity contribution in [2.75, 3.05) is 0 Å². The predicted molar refractivity (Wildman–Crippen MR) is 77.2 cm³/mol. The third kappa shape index (κ3) is 2.16. The smallest absolute Gasteiger partial charge is 0.339 e. The lowest BCUT2D eigenvalue weighted by molar-refractivity contribution is 0.0696. The summed E-state index contributed by atoms with van der Waals surface area (Å²) in [6.45, 7) is 3.79. The first kappa shape index (κ1) is 13.4. The van der Waals surface area contributed by atoms with Gasteiger partial charge in [0.15, 0.2) is 0 Å². The van der Waals surface area contributed by atoms with E-state index in [-0.39, 0.29) is 11.6 Å². The van der Waals surface area contributed by atoms with Gasteiger partial charge in [0.25, 0.3) is 0 Å². The lowest BCUT2D eigenvalue weighted by atomic mass is 9.93. The Hall–Kier alpha value is -1.62. The molecule has 1 N–H and O–H groups in total. The van der Waals surface area contributed by atoms with Crippen LogP contribution in [-0.4, -0.2) is 32.1 Å². The Morgan fingerprint density at radius 3 is 2.75 bits per heavy atom. The molecule has 5 nitrogen and oxygen atoms in total. The maximum Gasteiger partial charge on any atom is 0.339 e. The summed E-state index contributed by atoms with van der Waals surface area (Å²) in [5, 5.41) is 13.7. The number of carbonyl (C=O) groups is 1. The first-order valence-electron chi connectivity index (χ1n) is 6.73. The third-order valence-corrected chi connectivity index (χ3v) is 4.36. The number of aliphatic imine (C=N–C) groups is 1. The fourth-order valence-electron chi connectivity index (χ4n) is 2.75. The standard InChI is InChI=1S/C14H16ClN3O2/c1-7-10(9-3-4-9)5-12(13(15)17-7)18-8(2)11(6-16-18)14(19)20/h5-7,9-10H,3-4H2,1-2H3,(H,19,20). The van der Waals surface area contributed by atoms with E-state index in [1.807, 2.05) is 0 Å². The van der Waals surface area contributed by atoms with Crippen molar-refractivity contribution in [1.29, 1.82) is 0 Å². The van der Waals surface area contributed by atoms with Crippen LogP contribution in [0.4, 0.5) is 0 Å². The van der Waals surface area contributed by atoms with Crippen molar-refractivity contribution in [1.82, 2.24) is 9.78 Å². The molecule has 2 aliphatic rings. The molecule has 1 saturated carbocycles. The van der Waals surface area contributed by atoms with Gasteiger partial charge in [-0.05, 0) is 38.7 Å². The van der Waals surface area contributed by atoms with Gasteiger partial charge in [-0.1, -0.05) is 11.6 Å². The fraction of sp³-hybridized carbons (Fsp3) is 0.500. The number of allylic oxidation sites excluding steroid dienone is 1. The second kappa shape index (κ2) is 4.74. The highest BCUT2D eigenvalue weighted by Gasteiger charge is 2.36. The molecule has 0 aromatic carbocycles. The number of dihydropyridines is 1. The van der Waals surface area contributed by atoms with Crippen molar-refractivity contribution < 1.29 is 9.90 Å². The summed E-state index contributed by atoms with van der Waals surface area (Å²) in [5.41, 5.74) is 1.46. The van der Waals surface area contributed by atoms with E-state index < -0.39 is 5.97 Å². The van der Waals surface area contributed by atoms with Gasteiger partial charge < -0.3 is 5.11 Å². The Bertz CT molecular complexity index is 628. The van der Waals surface area contributed by atoms with Crippen LogP contribution in [0.5, 0.6) is 0 Å². The summed E-state index contributed by atoms with van der Waals surface area (Å²) in [7, 11) is 0. The molecule has 3 rings (SSSR count). The molecule has 0 radical (unpaired) electrons. The minimum absolute atomic E-state index is 0.175. The molecular weight excluding hydrogens is 278 g/mol. The average molecular weight is 294 g/mol.